The van der Waals surface area contributed by atoms with Crippen molar-refractivity contribution in [3.05, 3.63) is 41.5 Å². The van der Waals surface area contributed by atoms with Crippen molar-refractivity contribution in [2.24, 2.45) is 5.92 Å². The lowest BCUT2D eigenvalue weighted by molar-refractivity contribution is -0.120. The Kier molecular flexibility index (Phi) is 4.24. The fourth-order valence-corrected chi connectivity index (χ4v) is 3.13. The first-order valence-corrected chi connectivity index (χ1v) is 8.70. The summed E-state index contributed by atoms with van der Waals surface area (Å²) in [7, 11) is 0. The van der Waals surface area contributed by atoms with Gasteiger partial charge in [0.05, 0.1) is 5.69 Å². The molecular weight excluding hydrogens is 332 g/mol. The molecule has 1 aliphatic rings. The van der Waals surface area contributed by atoms with Crippen molar-refractivity contribution in [2.75, 3.05) is 5.32 Å². The summed E-state index contributed by atoms with van der Waals surface area (Å²) in [6, 6.07) is 7.56. The minimum Gasteiger partial charge on any atom is -0.441 e. The van der Waals surface area contributed by atoms with E-state index in [1.165, 1.54) is 0 Å². The molecule has 3 aromatic rings. The van der Waals surface area contributed by atoms with Crippen LogP contribution in [-0.4, -0.2) is 31.1 Å². The van der Waals surface area contributed by atoms with Gasteiger partial charge in [0.25, 0.3) is 0 Å². The van der Waals surface area contributed by atoms with Gasteiger partial charge in [-0.1, -0.05) is 6.07 Å². The van der Waals surface area contributed by atoms with Gasteiger partial charge in [-0.25, -0.2) is 9.67 Å². The highest BCUT2D eigenvalue weighted by molar-refractivity contribution is 5.93. The van der Waals surface area contributed by atoms with E-state index in [9.17, 15) is 4.79 Å². The van der Waals surface area contributed by atoms with Crippen LogP contribution in [0.25, 0.3) is 11.5 Å². The van der Waals surface area contributed by atoms with Crippen LogP contribution in [0, 0.1) is 19.8 Å². The number of hydrogen-bond donors (Lipinski definition) is 1. The molecule has 0 bridgehead atoms. The van der Waals surface area contributed by atoms with Crippen molar-refractivity contribution in [2.45, 2.75) is 39.7 Å². The minimum absolute atomic E-state index is 0.0145. The fraction of sp³-hybridized carbons (Fsp3) is 0.389. The van der Waals surface area contributed by atoms with E-state index < -0.39 is 0 Å². The molecule has 1 N–H and O–H groups in total. The summed E-state index contributed by atoms with van der Waals surface area (Å²) < 4.78 is 7.45. The topological polar surface area (TPSA) is 98.7 Å². The highest BCUT2D eigenvalue weighted by atomic mass is 16.4. The van der Waals surface area contributed by atoms with Crippen LogP contribution in [-0.2, 0) is 17.8 Å². The number of anilines is 1. The molecule has 3 heterocycles. The number of nitrogens with zero attached hydrogens (tertiary/aromatic N) is 5. The lowest BCUT2D eigenvalue weighted by Crippen LogP contribution is -2.23. The molecule has 0 fully saturated rings. The van der Waals surface area contributed by atoms with Crippen molar-refractivity contribution in [1.82, 2.24) is 25.2 Å². The van der Waals surface area contributed by atoms with Crippen molar-refractivity contribution in [3.8, 4) is 11.5 Å². The Bertz CT molecular complexity index is 903. The molecule has 0 saturated carbocycles. The average molecular weight is 352 g/mol. The van der Waals surface area contributed by atoms with E-state index in [4.69, 9.17) is 4.42 Å². The Morgan fingerprint density at radius 1 is 1.31 bits per heavy atom. The number of benzene rings is 1. The second kappa shape index (κ2) is 6.70. The maximum Gasteiger partial charge on any atom is 0.227 e. The van der Waals surface area contributed by atoms with Crippen molar-refractivity contribution < 1.29 is 9.21 Å². The third kappa shape index (κ3) is 3.22. The molecule has 4 rings (SSSR count). The van der Waals surface area contributed by atoms with Gasteiger partial charge < -0.3 is 9.73 Å². The minimum atomic E-state index is -0.0756. The summed E-state index contributed by atoms with van der Waals surface area (Å²) in [6.07, 6.45) is 2.17. The van der Waals surface area contributed by atoms with Crippen molar-refractivity contribution >= 4 is 11.6 Å². The number of carbonyl (C=O) groups excluding carboxylic acids is 1. The van der Waals surface area contributed by atoms with E-state index in [-0.39, 0.29) is 11.8 Å². The van der Waals surface area contributed by atoms with Crippen LogP contribution in [0.5, 0.6) is 0 Å². The van der Waals surface area contributed by atoms with Gasteiger partial charge in [0.1, 0.15) is 5.76 Å². The summed E-state index contributed by atoms with van der Waals surface area (Å²) in [5, 5.41) is 14.6. The molecule has 0 spiro atoms. The molecule has 2 aromatic heterocycles. The van der Waals surface area contributed by atoms with E-state index >= 15 is 0 Å². The van der Waals surface area contributed by atoms with Gasteiger partial charge >= 0.3 is 0 Å². The van der Waals surface area contributed by atoms with Crippen molar-refractivity contribution in [3.63, 3.8) is 0 Å². The highest BCUT2D eigenvalue weighted by Gasteiger charge is 2.24. The number of carbonyl (C=O) groups is 1. The average Bonchev–Trinajstić information content (AvgIpc) is 3.16. The number of nitrogens with one attached hydrogen (secondary N) is 1. The Morgan fingerprint density at radius 2 is 2.19 bits per heavy atom. The zero-order chi connectivity index (χ0) is 18.1. The molecule has 1 amide bonds. The molecule has 0 radical (unpaired) electrons. The molecule has 1 aromatic carbocycles. The zero-order valence-corrected chi connectivity index (χ0v) is 14.8. The molecule has 1 aliphatic heterocycles. The number of tetrazole rings is 1. The zero-order valence-electron chi connectivity index (χ0n) is 14.8. The van der Waals surface area contributed by atoms with Crippen LogP contribution in [0.2, 0.25) is 0 Å². The van der Waals surface area contributed by atoms with Gasteiger partial charge in [-0.15, -0.1) is 5.10 Å². The maximum atomic E-state index is 12.7. The number of amides is 1. The molecule has 0 saturated heterocycles. The maximum absolute atomic E-state index is 12.7. The summed E-state index contributed by atoms with van der Waals surface area (Å²) in [4.78, 5) is 17.1. The number of rotatable bonds is 3. The Labute approximate surface area is 150 Å². The van der Waals surface area contributed by atoms with Gasteiger partial charge in [-0.2, -0.15) is 0 Å². The van der Waals surface area contributed by atoms with E-state index in [0.29, 0.717) is 18.9 Å². The molecular formula is C18H20N6O2. The third-order valence-corrected chi connectivity index (χ3v) is 4.79. The number of aromatic nitrogens is 5. The number of fused-ring (bicyclic) bond motifs is 1. The first-order chi connectivity index (χ1) is 12.6. The van der Waals surface area contributed by atoms with Crippen LogP contribution in [0.1, 0.15) is 30.1 Å². The summed E-state index contributed by atoms with van der Waals surface area (Å²) in [6.45, 7) is 4.46. The first-order valence-electron chi connectivity index (χ1n) is 8.70. The molecule has 8 heteroatoms. The van der Waals surface area contributed by atoms with Crippen LogP contribution in [0.15, 0.2) is 28.7 Å². The second-order valence-electron chi connectivity index (χ2n) is 6.57. The van der Waals surface area contributed by atoms with Crippen LogP contribution in [0.4, 0.5) is 5.69 Å². The predicted octanol–water partition coefficient (Wildman–Crippen LogP) is 2.54. The number of oxazole rings is 1. The molecule has 134 valence electrons. The Balaban J connectivity index is 1.46. The standard InChI is InChI=1S/C18H20N6O2/c1-11-12(2)26-18(19-11)14-4-3-5-15(10-14)20-17(25)13-6-7-16-21-22-23-24(16)9-8-13/h3-5,10,13H,6-9H2,1-2H3,(H,20,25). The molecule has 26 heavy (non-hydrogen) atoms. The van der Waals surface area contributed by atoms with Gasteiger partial charge in [0.2, 0.25) is 11.8 Å². The first kappa shape index (κ1) is 16.4. The van der Waals surface area contributed by atoms with Crippen LogP contribution in [0.3, 0.4) is 0 Å². The van der Waals surface area contributed by atoms with E-state index in [0.717, 1.165) is 41.4 Å². The van der Waals surface area contributed by atoms with Crippen LogP contribution >= 0.6 is 0 Å². The highest BCUT2D eigenvalue weighted by Crippen LogP contribution is 2.25. The third-order valence-electron chi connectivity index (χ3n) is 4.79. The normalized spacial score (nSPS) is 16.8. The monoisotopic (exact) mass is 352 g/mol. The van der Waals surface area contributed by atoms with E-state index in [1.54, 1.807) is 4.68 Å². The lowest BCUT2D eigenvalue weighted by Gasteiger charge is -2.14. The fourth-order valence-electron chi connectivity index (χ4n) is 3.13. The summed E-state index contributed by atoms with van der Waals surface area (Å²) >= 11 is 0. The van der Waals surface area contributed by atoms with Gasteiger partial charge in [-0.05, 0) is 55.3 Å². The Morgan fingerprint density at radius 3 is 3.00 bits per heavy atom. The Hall–Kier alpha value is -3.03. The predicted molar refractivity (Wildman–Crippen MR) is 94.3 cm³/mol. The summed E-state index contributed by atoms with van der Waals surface area (Å²) in [5.74, 6) is 2.15. The van der Waals surface area contributed by atoms with E-state index in [2.05, 4.69) is 25.8 Å². The number of hydrogen-bond acceptors (Lipinski definition) is 6. The van der Waals surface area contributed by atoms with Gasteiger partial charge in [0, 0.05) is 30.1 Å². The molecule has 0 aliphatic carbocycles. The molecule has 1 atom stereocenters. The summed E-state index contributed by atoms with van der Waals surface area (Å²) in [5.41, 5.74) is 2.45. The smallest absolute Gasteiger partial charge is 0.227 e. The largest absolute Gasteiger partial charge is 0.441 e. The SMILES string of the molecule is Cc1nc(-c2cccc(NC(=O)C3CCc4nnnn4CC3)c2)oc1C. The molecule has 1 unspecified atom stereocenters. The van der Waals surface area contributed by atoms with Crippen LogP contribution < -0.4 is 5.32 Å². The quantitative estimate of drug-likeness (QED) is 0.778. The van der Waals surface area contributed by atoms with Gasteiger partial charge in [0.15, 0.2) is 5.82 Å². The number of aryl methyl sites for hydroxylation is 4. The molecule has 8 nitrogen and oxygen atoms in total. The second-order valence-corrected chi connectivity index (χ2v) is 6.57. The lowest BCUT2D eigenvalue weighted by atomic mass is 9.99. The van der Waals surface area contributed by atoms with Gasteiger partial charge in [-0.3, -0.25) is 4.79 Å². The van der Waals surface area contributed by atoms with E-state index in [1.807, 2.05) is 38.1 Å². The van der Waals surface area contributed by atoms with Crippen molar-refractivity contribution in [1.29, 1.82) is 0 Å².